The van der Waals surface area contributed by atoms with Gasteiger partial charge in [-0.3, -0.25) is 14.5 Å². The Morgan fingerprint density at radius 2 is 1.80 bits per heavy atom. The van der Waals surface area contributed by atoms with Crippen LogP contribution in [-0.4, -0.2) is 58.2 Å². The number of anilines is 1. The van der Waals surface area contributed by atoms with Gasteiger partial charge in [0.25, 0.3) is 5.78 Å². The van der Waals surface area contributed by atoms with Gasteiger partial charge in [-0.15, -0.1) is 0 Å². The lowest BCUT2D eigenvalue weighted by molar-refractivity contribution is -0.187. The second kappa shape index (κ2) is 4.64. The fourth-order valence-electron chi connectivity index (χ4n) is 2.48. The lowest BCUT2D eigenvalue weighted by atomic mass is 10.0. The highest BCUT2D eigenvalue weighted by atomic mass is 16.5. The normalized spacial score (nSPS) is 33.5. The standard InChI is InChI=1S/C13H13NO6/c15-8-5-20-13(11(18)10(8)17)14-7-4-2-1-3-6(7)9(16)12(14)19/h1-4,8,10-11,13,15,17-18H,5H2/t8-,10-,11+,13?/m0/s1. The smallest absolute Gasteiger partial charge is 0.301 e. The van der Waals surface area contributed by atoms with Crippen LogP contribution in [0.1, 0.15) is 10.4 Å². The van der Waals surface area contributed by atoms with Gasteiger partial charge in [-0.1, -0.05) is 12.1 Å². The molecule has 2 aliphatic rings. The maximum atomic E-state index is 12.0. The second-order valence-corrected chi connectivity index (χ2v) is 4.79. The van der Waals surface area contributed by atoms with Crippen molar-refractivity contribution in [3.63, 3.8) is 0 Å². The molecule has 1 amide bonds. The summed E-state index contributed by atoms with van der Waals surface area (Å²) >= 11 is 0. The molecule has 1 fully saturated rings. The van der Waals surface area contributed by atoms with Crippen molar-refractivity contribution < 1.29 is 29.6 Å². The molecule has 7 nitrogen and oxygen atoms in total. The van der Waals surface area contributed by atoms with Gasteiger partial charge >= 0.3 is 5.91 Å². The Morgan fingerprint density at radius 3 is 2.55 bits per heavy atom. The van der Waals surface area contributed by atoms with Crippen LogP contribution in [0.2, 0.25) is 0 Å². The zero-order chi connectivity index (χ0) is 14.4. The quantitative estimate of drug-likeness (QED) is 0.549. The summed E-state index contributed by atoms with van der Waals surface area (Å²) in [5.74, 6) is -1.50. The first-order valence-electron chi connectivity index (χ1n) is 6.15. The molecule has 3 N–H and O–H groups in total. The van der Waals surface area contributed by atoms with Crippen molar-refractivity contribution in [3.8, 4) is 0 Å². The van der Waals surface area contributed by atoms with Crippen molar-refractivity contribution in [2.24, 2.45) is 0 Å². The number of rotatable bonds is 1. The van der Waals surface area contributed by atoms with Gasteiger partial charge in [-0.25, -0.2) is 0 Å². The van der Waals surface area contributed by atoms with Crippen molar-refractivity contribution in [1.29, 1.82) is 0 Å². The van der Waals surface area contributed by atoms with Crippen LogP contribution in [0.4, 0.5) is 5.69 Å². The van der Waals surface area contributed by atoms with E-state index in [1.807, 2.05) is 0 Å². The molecular formula is C13H13NO6. The summed E-state index contributed by atoms with van der Waals surface area (Å²) in [7, 11) is 0. The highest BCUT2D eigenvalue weighted by Crippen LogP contribution is 2.33. The molecular weight excluding hydrogens is 266 g/mol. The fraction of sp³-hybridized carbons (Fsp3) is 0.385. The first kappa shape index (κ1) is 13.2. The highest BCUT2D eigenvalue weighted by molar-refractivity contribution is 6.52. The number of ketones is 1. The molecule has 2 aliphatic heterocycles. The van der Waals surface area contributed by atoms with Gasteiger partial charge in [-0.2, -0.15) is 0 Å². The number of aliphatic hydroxyl groups excluding tert-OH is 3. The number of hydrogen-bond acceptors (Lipinski definition) is 6. The maximum Gasteiger partial charge on any atom is 0.301 e. The molecule has 1 aromatic rings. The van der Waals surface area contributed by atoms with E-state index in [2.05, 4.69) is 0 Å². The number of amides is 1. The summed E-state index contributed by atoms with van der Waals surface area (Å²) < 4.78 is 5.23. The molecule has 0 spiro atoms. The number of Topliss-reactive ketones (excluding diaryl/α,β-unsaturated/α-hetero) is 1. The van der Waals surface area contributed by atoms with E-state index in [0.29, 0.717) is 5.69 Å². The maximum absolute atomic E-state index is 12.0. The molecule has 3 rings (SSSR count). The lowest BCUT2D eigenvalue weighted by Gasteiger charge is -2.39. The Kier molecular flexibility index (Phi) is 3.06. The summed E-state index contributed by atoms with van der Waals surface area (Å²) in [6.07, 6.45) is -5.37. The molecule has 1 unspecified atom stereocenters. The van der Waals surface area contributed by atoms with E-state index in [9.17, 15) is 24.9 Å². The van der Waals surface area contributed by atoms with Gasteiger partial charge < -0.3 is 20.1 Å². The number of fused-ring (bicyclic) bond motifs is 1. The van der Waals surface area contributed by atoms with Crippen LogP contribution in [0.3, 0.4) is 0 Å². The summed E-state index contributed by atoms with van der Waals surface area (Å²) in [6.45, 7) is -0.233. The Bertz CT molecular complexity index is 574. The average molecular weight is 279 g/mol. The molecule has 0 saturated carbocycles. The van der Waals surface area contributed by atoms with Gasteiger partial charge in [0.1, 0.15) is 18.3 Å². The largest absolute Gasteiger partial charge is 0.388 e. The van der Waals surface area contributed by atoms with Gasteiger partial charge in [-0.05, 0) is 12.1 Å². The molecule has 4 atom stereocenters. The zero-order valence-electron chi connectivity index (χ0n) is 10.3. The molecule has 106 valence electrons. The van der Waals surface area contributed by atoms with Crippen LogP contribution < -0.4 is 4.90 Å². The molecule has 0 bridgehead atoms. The van der Waals surface area contributed by atoms with Crippen molar-refractivity contribution >= 4 is 17.4 Å². The number of carbonyl (C=O) groups is 2. The number of ether oxygens (including phenoxy) is 1. The Balaban J connectivity index is 1.99. The van der Waals surface area contributed by atoms with Gasteiger partial charge in [0.15, 0.2) is 6.23 Å². The first-order chi connectivity index (χ1) is 9.52. The lowest BCUT2D eigenvalue weighted by Crippen LogP contribution is -2.60. The third kappa shape index (κ3) is 1.75. The fourth-order valence-corrected chi connectivity index (χ4v) is 2.48. The van der Waals surface area contributed by atoms with Crippen LogP contribution in [0.15, 0.2) is 24.3 Å². The third-order valence-corrected chi connectivity index (χ3v) is 3.55. The summed E-state index contributed by atoms with van der Waals surface area (Å²) in [5.41, 5.74) is 0.559. The molecule has 1 saturated heterocycles. The summed E-state index contributed by atoms with van der Waals surface area (Å²) in [6, 6.07) is 6.35. The topological polar surface area (TPSA) is 107 Å². The highest BCUT2D eigenvalue weighted by Gasteiger charge is 2.47. The van der Waals surface area contributed by atoms with Crippen LogP contribution in [0, 0.1) is 0 Å². The zero-order valence-corrected chi connectivity index (χ0v) is 10.3. The minimum Gasteiger partial charge on any atom is -0.388 e. The minimum atomic E-state index is -1.50. The van der Waals surface area contributed by atoms with Crippen molar-refractivity contribution in [2.45, 2.75) is 24.5 Å². The number of aliphatic hydroxyl groups is 3. The summed E-state index contributed by atoms with van der Waals surface area (Å²) in [4.78, 5) is 24.9. The molecule has 7 heteroatoms. The van der Waals surface area contributed by atoms with E-state index in [1.54, 1.807) is 18.2 Å². The van der Waals surface area contributed by atoms with Crippen LogP contribution in [0.5, 0.6) is 0 Å². The molecule has 0 radical (unpaired) electrons. The molecule has 20 heavy (non-hydrogen) atoms. The van der Waals surface area contributed by atoms with Crippen molar-refractivity contribution in [1.82, 2.24) is 0 Å². The van der Waals surface area contributed by atoms with Crippen molar-refractivity contribution in [3.05, 3.63) is 29.8 Å². The van der Waals surface area contributed by atoms with E-state index >= 15 is 0 Å². The van der Waals surface area contributed by atoms with E-state index in [-0.39, 0.29) is 12.2 Å². The number of nitrogens with zero attached hydrogens (tertiary/aromatic N) is 1. The van der Waals surface area contributed by atoms with E-state index < -0.39 is 36.2 Å². The molecule has 2 heterocycles. The van der Waals surface area contributed by atoms with Crippen LogP contribution >= 0.6 is 0 Å². The predicted octanol–water partition coefficient (Wildman–Crippen LogP) is -1.35. The average Bonchev–Trinajstić information content (AvgIpc) is 2.70. The summed E-state index contributed by atoms with van der Waals surface area (Å²) in [5, 5.41) is 29.0. The van der Waals surface area contributed by atoms with E-state index in [0.717, 1.165) is 4.90 Å². The monoisotopic (exact) mass is 279 g/mol. The molecule has 0 aliphatic carbocycles. The second-order valence-electron chi connectivity index (χ2n) is 4.79. The van der Waals surface area contributed by atoms with E-state index in [1.165, 1.54) is 6.07 Å². The van der Waals surface area contributed by atoms with Gasteiger partial charge in [0.05, 0.1) is 17.9 Å². The third-order valence-electron chi connectivity index (χ3n) is 3.55. The SMILES string of the molecule is O=C1C(=O)N(C2OC[C@H](O)[C@H](O)[C@H]2O)c2ccccc21. The van der Waals surface area contributed by atoms with E-state index in [4.69, 9.17) is 4.74 Å². The minimum absolute atomic E-state index is 0.230. The number of benzene rings is 1. The van der Waals surface area contributed by atoms with Crippen LogP contribution in [0.25, 0.3) is 0 Å². The number of para-hydroxylation sites is 1. The van der Waals surface area contributed by atoms with Crippen molar-refractivity contribution in [2.75, 3.05) is 11.5 Å². The predicted molar refractivity (Wildman–Crippen MR) is 66.0 cm³/mol. The number of hydrogen-bond donors (Lipinski definition) is 3. The van der Waals surface area contributed by atoms with Crippen LogP contribution in [-0.2, 0) is 9.53 Å². The Hall–Kier alpha value is -1.80. The Morgan fingerprint density at radius 1 is 1.10 bits per heavy atom. The van der Waals surface area contributed by atoms with Gasteiger partial charge in [0.2, 0.25) is 0 Å². The molecule has 0 aromatic heterocycles. The first-order valence-corrected chi connectivity index (χ1v) is 6.15. The Labute approximate surface area is 114 Å². The van der Waals surface area contributed by atoms with Gasteiger partial charge in [0, 0.05) is 0 Å². The number of carbonyl (C=O) groups excluding carboxylic acids is 2. The molecule has 1 aromatic carbocycles.